The number of anilines is 1. The number of Topliss-reactive ketones (excluding diaryl/α,β-unsaturated/α-hetero) is 1. The molecule has 1 amide bonds. The van der Waals surface area contributed by atoms with Gasteiger partial charge in [-0.15, -0.1) is 0 Å². The lowest BCUT2D eigenvalue weighted by Crippen LogP contribution is -2.29. The zero-order chi connectivity index (χ0) is 30.0. The molecule has 1 unspecified atom stereocenters. The number of nitrogens with zero attached hydrogens (tertiary/aromatic N) is 1. The number of aliphatic hydroxyl groups excluding tert-OH is 1. The van der Waals surface area contributed by atoms with E-state index in [0.717, 1.165) is 16.7 Å². The fourth-order valence-electron chi connectivity index (χ4n) is 5.16. The molecule has 1 fully saturated rings. The zero-order valence-corrected chi connectivity index (χ0v) is 24.0. The highest BCUT2D eigenvalue weighted by Crippen LogP contribution is 2.44. The number of ether oxygens (including phenoxy) is 2. The summed E-state index contributed by atoms with van der Waals surface area (Å²) in [6, 6.07) is 26.0. The number of aromatic hydroxyl groups is 1. The minimum atomic E-state index is -0.985. The first-order chi connectivity index (χ1) is 20.2. The molecule has 1 saturated heterocycles. The number of phenols is 1. The molecule has 42 heavy (non-hydrogen) atoms. The second kappa shape index (κ2) is 11.8. The molecule has 4 aromatic carbocycles. The Morgan fingerprint density at radius 1 is 0.905 bits per heavy atom. The van der Waals surface area contributed by atoms with Crippen LogP contribution in [-0.4, -0.2) is 29.0 Å². The number of carbonyl (C=O) groups excluding carboxylic acids is 2. The average molecular weight is 564 g/mol. The fourth-order valence-corrected chi connectivity index (χ4v) is 5.16. The minimum Gasteiger partial charge on any atom is -0.507 e. The number of methoxy groups -OCH3 is 1. The highest BCUT2D eigenvalue weighted by Gasteiger charge is 2.47. The molecule has 7 nitrogen and oxygen atoms in total. The molecule has 0 bridgehead atoms. The van der Waals surface area contributed by atoms with Crippen molar-refractivity contribution >= 4 is 23.1 Å². The summed E-state index contributed by atoms with van der Waals surface area (Å²) in [5, 5.41) is 22.1. The van der Waals surface area contributed by atoms with Gasteiger partial charge in [-0.1, -0.05) is 62.4 Å². The number of aryl methyl sites for hydroxylation is 1. The highest BCUT2D eigenvalue weighted by molar-refractivity contribution is 6.51. The Morgan fingerprint density at radius 3 is 2.21 bits per heavy atom. The van der Waals surface area contributed by atoms with Crippen molar-refractivity contribution < 1.29 is 29.3 Å². The van der Waals surface area contributed by atoms with Gasteiger partial charge in [0.05, 0.1) is 18.7 Å². The summed E-state index contributed by atoms with van der Waals surface area (Å²) >= 11 is 0. The molecule has 0 radical (unpaired) electrons. The van der Waals surface area contributed by atoms with Crippen molar-refractivity contribution in [2.75, 3.05) is 12.0 Å². The minimum absolute atomic E-state index is 0.0742. The second-order valence-electron chi connectivity index (χ2n) is 10.6. The van der Waals surface area contributed by atoms with Gasteiger partial charge in [-0.25, -0.2) is 0 Å². The molecule has 0 saturated carbocycles. The third kappa shape index (κ3) is 5.46. The third-order valence-electron chi connectivity index (χ3n) is 7.49. The number of carbonyl (C=O) groups is 2. The van der Waals surface area contributed by atoms with Crippen LogP contribution in [0.2, 0.25) is 0 Å². The van der Waals surface area contributed by atoms with E-state index in [9.17, 15) is 19.8 Å². The van der Waals surface area contributed by atoms with E-state index < -0.39 is 17.7 Å². The van der Waals surface area contributed by atoms with Crippen LogP contribution in [0, 0.1) is 6.92 Å². The molecule has 2 N–H and O–H groups in total. The Kier molecular flexibility index (Phi) is 8.02. The molecular formula is C35H33NO6. The van der Waals surface area contributed by atoms with Crippen molar-refractivity contribution in [2.24, 2.45) is 0 Å². The van der Waals surface area contributed by atoms with E-state index in [1.807, 2.05) is 49.4 Å². The number of ketones is 1. The van der Waals surface area contributed by atoms with Gasteiger partial charge in [0.1, 0.15) is 18.1 Å². The SMILES string of the molecule is COc1ccc(C2/C(=C(/O)c3ccc(OCc4ccccc4)c(C)c3)C(=O)C(=O)N2c2ccc(C(C)C)cc2)cc1O. The van der Waals surface area contributed by atoms with Crippen molar-refractivity contribution in [2.45, 2.75) is 39.3 Å². The first-order valence-electron chi connectivity index (χ1n) is 13.7. The number of phenolic OH excluding ortho intramolecular Hbond substituents is 1. The van der Waals surface area contributed by atoms with Crippen LogP contribution >= 0.6 is 0 Å². The normalized spacial score (nSPS) is 16.2. The standard InChI is InChI=1S/C35H33NO6/c1-21(2)24-10-14-27(15-11-24)36-32(25-12-17-30(41-4)28(37)19-25)31(34(39)35(36)40)33(38)26-13-16-29(22(3)18-26)42-20-23-8-6-5-7-9-23/h5-19,21,32,37-38H,20H2,1-4H3/b33-31-. The molecule has 1 aliphatic rings. The van der Waals surface area contributed by atoms with Crippen molar-refractivity contribution in [3.63, 3.8) is 0 Å². The molecule has 7 heteroatoms. The maximum atomic E-state index is 13.6. The predicted molar refractivity (Wildman–Crippen MR) is 162 cm³/mol. The largest absolute Gasteiger partial charge is 0.507 e. The van der Waals surface area contributed by atoms with Gasteiger partial charge in [0.15, 0.2) is 11.5 Å². The molecule has 1 heterocycles. The van der Waals surface area contributed by atoms with Crippen molar-refractivity contribution in [1.82, 2.24) is 0 Å². The Labute approximate surface area is 245 Å². The number of amides is 1. The fraction of sp³-hybridized carbons (Fsp3) is 0.200. The first kappa shape index (κ1) is 28.5. The van der Waals surface area contributed by atoms with Gasteiger partial charge in [-0.3, -0.25) is 14.5 Å². The maximum absolute atomic E-state index is 13.6. The smallest absolute Gasteiger partial charge is 0.300 e. The monoisotopic (exact) mass is 563 g/mol. The van der Waals surface area contributed by atoms with Crippen LogP contribution in [0.25, 0.3) is 5.76 Å². The highest BCUT2D eigenvalue weighted by atomic mass is 16.5. The summed E-state index contributed by atoms with van der Waals surface area (Å²) in [4.78, 5) is 28.5. The lowest BCUT2D eigenvalue weighted by molar-refractivity contribution is -0.132. The van der Waals surface area contributed by atoms with Gasteiger partial charge in [0.25, 0.3) is 11.7 Å². The van der Waals surface area contributed by atoms with E-state index in [-0.39, 0.29) is 28.7 Å². The molecule has 4 aromatic rings. The Balaban J connectivity index is 1.58. The molecule has 5 rings (SSSR count). The van der Waals surface area contributed by atoms with Gasteiger partial charge in [-0.2, -0.15) is 0 Å². The number of rotatable bonds is 8. The summed E-state index contributed by atoms with van der Waals surface area (Å²) in [6.07, 6.45) is 0. The van der Waals surface area contributed by atoms with Crippen LogP contribution in [0.1, 0.15) is 53.6 Å². The topological polar surface area (TPSA) is 96.3 Å². The lowest BCUT2D eigenvalue weighted by atomic mass is 9.94. The van der Waals surface area contributed by atoms with E-state index >= 15 is 0 Å². The second-order valence-corrected chi connectivity index (χ2v) is 10.6. The number of hydrogen-bond acceptors (Lipinski definition) is 6. The Morgan fingerprint density at radius 2 is 1.60 bits per heavy atom. The molecule has 0 aromatic heterocycles. The number of aliphatic hydroxyl groups is 1. The van der Waals surface area contributed by atoms with E-state index in [1.165, 1.54) is 18.1 Å². The molecular weight excluding hydrogens is 530 g/mol. The molecule has 0 spiro atoms. The van der Waals surface area contributed by atoms with Crippen molar-refractivity contribution in [3.05, 3.63) is 124 Å². The summed E-state index contributed by atoms with van der Waals surface area (Å²) in [7, 11) is 1.44. The third-order valence-corrected chi connectivity index (χ3v) is 7.49. The van der Waals surface area contributed by atoms with E-state index in [4.69, 9.17) is 9.47 Å². The van der Waals surface area contributed by atoms with Gasteiger partial charge >= 0.3 is 0 Å². The molecule has 1 atom stereocenters. The Hall–Kier alpha value is -5.04. The van der Waals surface area contributed by atoms with E-state index in [1.54, 1.807) is 42.5 Å². The summed E-state index contributed by atoms with van der Waals surface area (Å²) < 4.78 is 11.2. The van der Waals surface area contributed by atoms with Crippen molar-refractivity contribution in [3.8, 4) is 17.2 Å². The average Bonchev–Trinajstić information content (AvgIpc) is 3.26. The molecule has 0 aliphatic carbocycles. The van der Waals surface area contributed by atoms with Crippen LogP contribution in [-0.2, 0) is 16.2 Å². The first-order valence-corrected chi connectivity index (χ1v) is 13.7. The van der Waals surface area contributed by atoms with Crippen LogP contribution in [0.5, 0.6) is 17.2 Å². The molecule has 1 aliphatic heterocycles. The molecule has 214 valence electrons. The summed E-state index contributed by atoms with van der Waals surface area (Å²) in [5.41, 5.74) is 4.10. The summed E-state index contributed by atoms with van der Waals surface area (Å²) in [5.74, 6) is -0.876. The summed E-state index contributed by atoms with van der Waals surface area (Å²) in [6.45, 7) is 6.38. The van der Waals surface area contributed by atoms with Gasteiger partial charge in [0, 0.05) is 11.3 Å². The van der Waals surface area contributed by atoms with Crippen LogP contribution in [0.3, 0.4) is 0 Å². The van der Waals surface area contributed by atoms with Gasteiger partial charge in [-0.05, 0) is 77.6 Å². The van der Waals surface area contributed by atoms with Crippen LogP contribution in [0.4, 0.5) is 5.69 Å². The Bertz CT molecular complexity index is 1660. The zero-order valence-electron chi connectivity index (χ0n) is 24.0. The van der Waals surface area contributed by atoms with Crippen molar-refractivity contribution in [1.29, 1.82) is 0 Å². The van der Waals surface area contributed by atoms with Crippen LogP contribution < -0.4 is 14.4 Å². The lowest BCUT2D eigenvalue weighted by Gasteiger charge is -2.26. The van der Waals surface area contributed by atoms with E-state index in [2.05, 4.69) is 13.8 Å². The number of benzene rings is 4. The predicted octanol–water partition coefficient (Wildman–Crippen LogP) is 7.04. The number of hydrogen-bond donors (Lipinski definition) is 2. The van der Waals surface area contributed by atoms with Crippen LogP contribution in [0.15, 0.2) is 96.6 Å². The van der Waals surface area contributed by atoms with E-state index in [0.29, 0.717) is 29.2 Å². The maximum Gasteiger partial charge on any atom is 0.300 e. The quantitative estimate of drug-likeness (QED) is 0.136. The van der Waals surface area contributed by atoms with Gasteiger partial charge in [0.2, 0.25) is 0 Å². The van der Waals surface area contributed by atoms with Gasteiger partial charge < -0.3 is 19.7 Å².